The van der Waals surface area contributed by atoms with Gasteiger partial charge in [0.2, 0.25) is 5.91 Å². The monoisotopic (exact) mass is 470 g/mol. The van der Waals surface area contributed by atoms with Crippen LogP contribution in [0, 0.1) is 18.8 Å². The van der Waals surface area contributed by atoms with Crippen LogP contribution in [0.3, 0.4) is 0 Å². The van der Waals surface area contributed by atoms with Crippen molar-refractivity contribution in [3.8, 4) is 11.1 Å². The van der Waals surface area contributed by atoms with Gasteiger partial charge in [0.05, 0.1) is 11.3 Å². The van der Waals surface area contributed by atoms with E-state index in [1.165, 1.54) is 17.2 Å². The van der Waals surface area contributed by atoms with Crippen LogP contribution in [0.4, 0.5) is 10.5 Å². The molecule has 5 rings (SSSR count). The van der Waals surface area contributed by atoms with Gasteiger partial charge >= 0.3 is 12.1 Å². The van der Waals surface area contributed by atoms with Crippen LogP contribution in [-0.4, -0.2) is 36.2 Å². The van der Waals surface area contributed by atoms with Crippen molar-refractivity contribution < 1.29 is 24.2 Å². The Morgan fingerprint density at radius 1 is 0.971 bits per heavy atom. The number of nitrogens with one attached hydrogen (secondary N) is 2. The Morgan fingerprint density at radius 3 is 2.29 bits per heavy atom. The molecule has 2 aliphatic rings. The standard InChI is InChI=1S/C28H26N2O5/c1-16-10-11-25(23(12-16)27(32)33)30-26(31)22-13-17(22)14-29-28(34)35-15-24-20-8-4-2-6-18(20)19-7-3-5-9-21(19)24/h2-12,17,22,24H,13-15H2,1H3,(H,29,34)(H,30,31)(H,32,33)/t17-,22-/m0/s1. The molecule has 3 N–H and O–H groups in total. The maximum absolute atomic E-state index is 12.6. The maximum Gasteiger partial charge on any atom is 0.407 e. The minimum absolute atomic E-state index is 0.00536. The largest absolute Gasteiger partial charge is 0.478 e. The quantitative estimate of drug-likeness (QED) is 0.460. The van der Waals surface area contributed by atoms with Crippen LogP contribution in [0.15, 0.2) is 66.7 Å². The molecule has 3 aromatic carbocycles. The molecule has 2 amide bonds. The Bertz CT molecular complexity index is 1270. The first-order chi connectivity index (χ1) is 16.9. The number of ether oxygens (including phenoxy) is 1. The van der Waals surface area contributed by atoms with E-state index in [-0.39, 0.29) is 41.5 Å². The van der Waals surface area contributed by atoms with Crippen LogP contribution in [-0.2, 0) is 9.53 Å². The van der Waals surface area contributed by atoms with E-state index in [1.54, 1.807) is 19.1 Å². The van der Waals surface area contributed by atoms with Gasteiger partial charge in [-0.1, -0.05) is 60.2 Å². The van der Waals surface area contributed by atoms with E-state index >= 15 is 0 Å². The van der Waals surface area contributed by atoms with E-state index in [9.17, 15) is 19.5 Å². The fraction of sp³-hybridized carbons (Fsp3) is 0.250. The third-order valence-electron chi connectivity index (χ3n) is 6.77. The Morgan fingerprint density at radius 2 is 1.63 bits per heavy atom. The van der Waals surface area contributed by atoms with Crippen molar-refractivity contribution in [3.05, 3.63) is 89.0 Å². The number of hydrogen-bond acceptors (Lipinski definition) is 4. The molecular formula is C28H26N2O5. The number of benzene rings is 3. The van der Waals surface area contributed by atoms with Crippen LogP contribution >= 0.6 is 0 Å². The number of carboxylic acids is 1. The zero-order valence-corrected chi connectivity index (χ0v) is 19.3. The average molecular weight is 471 g/mol. The Balaban J connectivity index is 1.12. The van der Waals surface area contributed by atoms with Crippen LogP contribution in [0.2, 0.25) is 0 Å². The molecule has 7 heteroatoms. The van der Waals surface area contributed by atoms with Gasteiger partial charge in [-0.2, -0.15) is 0 Å². The molecule has 1 saturated carbocycles. The molecule has 2 aliphatic carbocycles. The number of anilines is 1. The fourth-order valence-electron chi connectivity index (χ4n) is 4.83. The Kier molecular flexibility index (Phi) is 5.99. The van der Waals surface area contributed by atoms with Gasteiger partial charge in [0, 0.05) is 18.4 Å². The highest BCUT2D eigenvalue weighted by Gasteiger charge is 2.43. The summed E-state index contributed by atoms with van der Waals surface area (Å²) in [5, 5.41) is 14.9. The molecule has 0 aromatic heterocycles. The van der Waals surface area contributed by atoms with Gasteiger partial charge < -0.3 is 20.5 Å². The van der Waals surface area contributed by atoms with Gasteiger partial charge in [0.25, 0.3) is 0 Å². The van der Waals surface area contributed by atoms with E-state index in [0.717, 1.165) is 16.7 Å². The normalized spacial score (nSPS) is 17.7. The Hall–Kier alpha value is -4.13. The van der Waals surface area contributed by atoms with Crippen molar-refractivity contribution in [1.82, 2.24) is 5.32 Å². The maximum atomic E-state index is 12.6. The summed E-state index contributed by atoms with van der Waals surface area (Å²) in [5.74, 6) is -1.62. The number of rotatable bonds is 7. The summed E-state index contributed by atoms with van der Waals surface area (Å²) in [5.41, 5.74) is 5.79. The van der Waals surface area contributed by atoms with Crippen molar-refractivity contribution in [2.45, 2.75) is 19.3 Å². The summed E-state index contributed by atoms with van der Waals surface area (Å²) in [6.07, 6.45) is 0.119. The van der Waals surface area contributed by atoms with E-state index in [2.05, 4.69) is 34.9 Å². The molecule has 0 radical (unpaired) electrons. The minimum Gasteiger partial charge on any atom is -0.478 e. The fourth-order valence-corrected chi connectivity index (χ4v) is 4.83. The van der Waals surface area contributed by atoms with Crippen molar-refractivity contribution in [2.24, 2.45) is 11.8 Å². The SMILES string of the molecule is Cc1ccc(NC(=O)[C@H]2C[C@H]2CNC(=O)OCC2c3ccccc3-c3ccccc32)c(C(=O)O)c1. The topological polar surface area (TPSA) is 105 Å². The third-order valence-corrected chi connectivity index (χ3v) is 6.77. The first-order valence-corrected chi connectivity index (χ1v) is 11.7. The molecule has 0 saturated heterocycles. The molecule has 178 valence electrons. The van der Waals surface area contributed by atoms with Crippen molar-refractivity contribution >= 4 is 23.7 Å². The van der Waals surface area contributed by atoms with Crippen molar-refractivity contribution in [3.63, 3.8) is 0 Å². The molecule has 7 nitrogen and oxygen atoms in total. The van der Waals surface area contributed by atoms with Crippen molar-refractivity contribution in [2.75, 3.05) is 18.5 Å². The molecule has 0 bridgehead atoms. The summed E-state index contributed by atoms with van der Waals surface area (Å²) in [6, 6.07) is 21.2. The molecule has 3 aromatic rings. The summed E-state index contributed by atoms with van der Waals surface area (Å²) in [7, 11) is 0. The van der Waals surface area contributed by atoms with E-state index in [4.69, 9.17) is 4.74 Å². The lowest BCUT2D eigenvalue weighted by Gasteiger charge is -2.14. The lowest BCUT2D eigenvalue weighted by Crippen LogP contribution is -2.29. The van der Waals surface area contributed by atoms with Gasteiger partial charge in [0.1, 0.15) is 6.61 Å². The molecule has 0 unspecified atom stereocenters. The van der Waals surface area contributed by atoms with E-state index in [1.807, 2.05) is 24.3 Å². The molecule has 0 aliphatic heterocycles. The lowest BCUT2D eigenvalue weighted by molar-refractivity contribution is -0.117. The second-order valence-corrected chi connectivity index (χ2v) is 9.15. The molecule has 1 fully saturated rings. The van der Waals surface area contributed by atoms with Gasteiger partial charge in [-0.15, -0.1) is 0 Å². The van der Waals surface area contributed by atoms with Crippen molar-refractivity contribution in [1.29, 1.82) is 0 Å². The van der Waals surface area contributed by atoms with Gasteiger partial charge in [-0.05, 0) is 53.6 Å². The molecule has 35 heavy (non-hydrogen) atoms. The summed E-state index contributed by atoms with van der Waals surface area (Å²) >= 11 is 0. The van der Waals surface area contributed by atoms with Gasteiger partial charge in [0.15, 0.2) is 0 Å². The highest BCUT2D eigenvalue weighted by Crippen LogP contribution is 2.44. The van der Waals surface area contributed by atoms with Gasteiger partial charge in [-0.25, -0.2) is 9.59 Å². The number of aromatic carboxylic acids is 1. The number of amides is 2. The first-order valence-electron chi connectivity index (χ1n) is 11.7. The second-order valence-electron chi connectivity index (χ2n) is 9.15. The highest BCUT2D eigenvalue weighted by molar-refractivity contribution is 6.02. The van der Waals surface area contributed by atoms with E-state index in [0.29, 0.717) is 13.0 Å². The predicted octanol–water partition coefficient (Wildman–Crippen LogP) is 4.81. The number of carbonyl (C=O) groups is 3. The minimum atomic E-state index is -1.09. The number of carbonyl (C=O) groups excluding carboxylic acids is 2. The predicted molar refractivity (Wildman–Crippen MR) is 131 cm³/mol. The number of carboxylic acid groups (broad SMARTS) is 1. The molecular weight excluding hydrogens is 444 g/mol. The molecule has 0 heterocycles. The van der Waals surface area contributed by atoms with E-state index < -0.39 is 12.1 Å². The lowest BCUT2D eigenvalue weighted by atomic mass is 9.98. The number of alkyl carbamates (subject to hydrolysis) is 1. The summed E-state index contributed by atoms with van der Waals surface area (Å²) < 4.78 is 5.55. The Labute approximate surface area is 203 Å². The summed E-state index contributed by atoms with van der Waals surface area (Å²) in [4.78, 5) is 36.4. The van der Waals surface area contributed by atoms with Crippen LogP contribution in [0.5, 0.6) is 0 Å². The first kappa shape index (κ1) is 22.7. The highest BCUT2D eigenvalue weighted by atomic mass is 16.5. The third kappa shape index (κ3) is 4.62. The zero-order chi connectivity index (χ0) is 24.5. The summed E-state index contributed by atoms with van der Waals surface area (Å²) in [6.45, 7) is 2.36. The number of fused-ring (bicyclic) bond motifs is 3. The number of hydrogen-bond donors (Lipinski definition) is 3. The van der Waals surface area contributed by atoms with Gasteiger partial charge in [-0.3, -0.25) is 4.79 Å². The molecule has 2 atom stereocenters. The smallest absolute Gasteiger partial charge is 0.407 e. The zero-order valence-electron chi connectivity index (χ0n) is 19.3. The second kappa shape index (κ2) is 9.25. The molecule has 0 spiro atoms. The van der Waals surface area contributed by atoms with Crippen LogP contribution in [0.1, 0.15) is 39.4 Å². The average Bonchev–Trinajstić information content (AvgIpc) is 3.57. The van der Waals surface area contributed by atoms with Crippen LogP contribution in [0.25, 0.3) is 11.1 Å². The van der Waals surface area contributed by atoms with Crippen LogP contribution < -0.4 is 10.6 Å². The number of aryl methyl sites for hydroxylation is 1.